The van der Waals surface area contributed by atoms with Gasteiger partial charge >= 0.3 is 0 Å². The Balaban J connectivity index is 0.00000481. The zero-order valence-corrected chi connectivity index (χ0v) is 26.7. The third-order valence-corrected chi connectivity index (χ3v) is 6.59. The van der Waals surface area contributed by atoms with E-state index in [0.717, 1.165) is 47.1 Å². The Hall–Kier alpha value is -1.75. The van der Waals surface area contributed by atoms with Gasteiger partial charge in [0.15, 0.2) is 5.82 Å². The summed E-state index contributed by atoms with van der Waals surface area (Å²) < 4.78 is 11.8. The number of rotatable bonds is 8. The molecule has 10 heteroatoms. The fraction of sp³-hybridized carbons (Fsp3) is 0.370. The van der Waals surface area contributed by atoms with Crippen LogP contribution in [0.5, 0.6) is 11.5 Å². The molecular weight excluding hydrogens is 542 g/mol. The van der Waals surface area contributed by atoms with Gasteiger partial charge in [-0.1, -0.05) is 17.2 Å². The Labute approximate surface area is 236 Å². The molecule has 1 aliphatic rings. The number of nitrogens with zero attached hydrogens (tertiary/aromatic N) is 2. The Bertz CT molecular complexity index is 1200. The van der Waals surface area contributed by atoms with Crippen LogP contribution in [0.3, 0.4) is 0 Å². The zero-order valence-electron chi connectivity index (χ0n) is 22.8. The first-order valence-corrected chi connectivity index (χ1v) is 14.7. The Morgan fingerprint density at radius 1 is 1.08 bits per heavy atom. The van der Waals surface area contributed by atoms with Crippen LogP contribution >= 0.6 is 42.3 Å². The third-order valence-electron chi connectivity index (χ3n) is 5.46. The van der Waals surface area contributed by atoms with Crippen LogP contribution in [-0.2, 0) is 13.0 Å². The van der Waals surface area contributed by atoms with Crippen LogP contribution in [0, 0.1) is 0 Å². The van der Waals surface area contributed by atoms with E-state index in [-0.39, 0.29) is 9.90 Å². The van der Waals surface area contributed by atoms with Crippen LogP contribution < -0.4 is 19.9 Å². The molecule has 0 saturated heterocycles. The highest BCUT2D eigenvalue weighted by Gasteiger charge is 2.17. The van der Waals surface area contributed by atoms with Crippen molar-refractivity contribution in [3.8, 4) is 11.5 Å². The second-order valence-corrected chi connectivity index (χ2v) is 12.0. The van der Waals surface area contributed by atoms with E-state index in [1.165, 1.54) is 11.1 Å². The molecule has 0 saturated carbocycles. The Morgan fingerprint density at radius 3 is 2.46 bits per heavy atom. The van der Waals surface area contributed by atoms with E-state index in [9.17, 15) is 0 Å². The highest BCUT2D eigenvalue weighted by atomic mass is 35.5. The van der Waals surface area contributed by atoms with Gasteiger partial charge in [-0.25, -0.2) is 4.99 Å². The number of hydrogen-bond acceptors (Lipinski definition) is 6. The summed E-state index contributed by atoms with van der Waals surface area (Å²) in [5.74, 6) is 2.68. The van der Waals surface area contributed by atoms with E-state index >= 15 is 0 Å². The van der Waals surface area contributed by atoms with Gasteiger partial charge in [0.25, 0.3) is 0 Å². The first-order chi connectivity index (χ1) is 17.0. The number of amidine groups is 1. The highest BCUT2D eigenvalue weighted by molar-refractivity contribution is 7.80. The Morgan fingerprint density at radius 2 is 1.81 bits per heavy atom. The van der Waals surface area contributed by atoms with Crippen molar-refractivity contribution in [1.82, 2.24) is 4.90 Å². The topological polar surface area (TPSA) is 58.1 Å². The fourth-order valence-corrected chi connectivity index (χ4v) is 4.91. The molecule has 0 fully saturated rings. The minimum absolute atomic E-state index is 0. The summed E-state index contributed by atoms with van der Waals surface area (Å²) in [6.45, 7) is 11.9. The van der Waals surface area contributed by atoms with E-state index in [1.807, 2.05) is 58.4 Å². The number of halogens is 1. The van der Waals surface area contributed by atoms with E-state index < -0.39 is 8.15 Å². The molecule has 0 aliphatic carbocycles. The van der Waals surface area contributed by atoms with Gasteiger partial charge in [-0.15, -0.1) is 12.6 Å². The number of nitrogens with one attached hydrogen (secondary N) is 2. The highest BCUT2D eigenvalue weighted by Crippen LogP contribution is 2.38. The largest absolute Gasteiger partial charge is 0.495 e. The lowest BCUT2D eigenvalue weighted by Gasteiger charge is -2.26. The summed E-state index contributed by atoms with van der Waals surface area (Å²) in [4.78, 5) is 7.96. The summed E-state index contributed by atoms with van der Waals surface area (Å²) in [7, 11) is 3.21. The van der Waals surface area contributed by atoms with Gasteiger partial charge in [-0.2, -0.15) is 9.90 Å². The predicted molar refractivity (Wildman–Crippen MR) is 170 cm³/mol. The first kappa shape index (κ1) is 31.5. The predicted octanol–water partition coefficient (Wildman–Crippen LogP) is 7.38. The SMILES string of the molecule is COc1cc2c(cc1NC(C)=N/C(Nc1ccc(S)cc1OP(C)C)=C(/Cl)C=C(C)C)CN(C)CC2.P. The average molecular weight is 581 g/mol. The van der Waals surface area contributed by atoms with Gasteiger partial charge in [0, 0.05) is 18.0 Å². The van der Waals surface area contributed by atoms with Gasteiger partial charge in [0.1, 0.15) is 17.3 Å². The summed E-state index contributed by atoms with van der Waals surface area (Å²) in [6, 6.07) is 10.00. The van der Waals surface area contributed by atoms with E-state index in [0.29, 0.717) is 22.4 Å². The van der Waals surface area contributed by atoms with E-state index in [1.54, 1.807) is 7.11 Å². The standard InChI is InChI=1S/C27H36ClN4O2PS.H3P/c1-17(2)12-22(28)27(31-23-9-8-21(36)15-26(23)34-35(6)7)30-18(3)29-24-13-20-16-32(4)11-10-19(20)14-25(24)33-5;/h8-9,12-15,31,36H,10-11,16H2,1-7H3,(H,29,30);1H3/b27-22-;. The maximum absolute atomic E-state index is 6.72. The number of ether oxygens (including phenoxy) is 1. The normalized spacial score (nSPS) is 14.3. The number of thiol groups is 1. The molecule has 6 nitrogen and oxygen atoms in total. The number of likely N-dealkylation sites (N-methyl/N-ethyl adjacent to an activating group) is 1. The van der Waals surface area contributed by atoms with Crippen LogP contribution in [0.15, 0.2) is 62.7 Å². The quantitative estimate of drug-likeness (QED) is 0.1000. The maximum Gasteiger partial charge on any atom is 0.151 e. The number of aliphatic imine (C=N–C) groups is 1. The Kier molecular flexibility index (Phi) is 12.3. The molecule has 1 heterocycles. The molecule has 202 valence electrons. The lowest BCUT2D eigenvalue weighted by Crippen LogP contribution is -2.26. The van der Waals surface area contributed by atoms with Crippen molar-refractivity contribution in [2.45, 2.75) is 38.6 Å². The number of hydrogen-bond donors (Lipinski definition) is 3. The van der Waals surface area contributed by atoms with E-state index in [2.05, 4.69) is 47.3 Å². The van der Waals surface area contributed by atoms with Crippen molar-refractivity contribution in [2.24, 2.45) is 4.99 Å². The van der Waals surface area contributed by atoms with Gasteiger partial charge in [0.2, 0.25) is 0 Å². The molecule has 0 amide bonds. The summed E-state index contributed by atoms with van der Waals surface area (Å²) in [5.41, 5.74) is 5.32. The molecule has 1 unspecified atom stereocenters. The second kappa shape index (κ2) is 14.4. The molecule has 2 N–H and O–H groups in total. The van der Waals surface area contributed by atoms with Crippen LogP contribution in [0.25, 0.3) is 0 Å². The maximum atomic E-state index is 6.72. The summed E-state index contributed by atoms with van der Waals surface area (Å²) in [6.07, 6.45) is 2.90. The van der Waals surface area contributed by atoms with Crippen LogP contribution in [-0.4, -0.2) is 44.8 Å². The van der Waals surface area contributed by atoms with E-state index in [4.69, 9.17) is 25.9 Å². The monoisotopic (exact) mass is 580 g/mol. The van der Waals surface area contributed by atoms with Crippen molar-refractivity contribution in [2.75, 3.05) is 44.7 Å². The molecular formula is C27H39ClN4O2P2S. The molecule has 1 atom stereocenters. The number of methoxy groups -OCH3 is 1. The molecule has 2 aromatic rings. The number of anilines is 2. The molecule has 0 radical (unpaired) electrons. The van der Waals surface area contributed by atoms with Crippen LogP contribution in [0.1, 0.15) is 31.9 Å². The number of allylic oxidation sites excluding steroid dienone is 3. The van der Waals surface area contributed by atoms with Crippen molar-refractivity contribution in [3.05, 3.63) is 64.0 Å². The fourth-order valence-electron chi connectivity index (χ4n) is 3.86. The minimum atomic E-state index is -0.623. The molecule has 3 rings (SSSR count). The van der Waals surface area contributed by atoms with Gasteiger partial charge in [-0.3, -0.25) is 0 Å². The molecule has 37 heavy (non-hydrogen) atoms. The second-order valence-electron chi connectivity index (χ2n) is 9.26. The smallest absolute Gasteiger partial charge is 0.151 e. The molecule has 0 spiro atoms. The van der Waals surface area contributed by atoms with Crippen molar-refractivity contribution >= 4 is 59.5 Å². The third kappa shape index (κ3) is 9.19. The molecule has 2 aromatic carbocycles. The van der Waals surface area contributed by atoms with Gasteiger partial charge in [0.05, 0.1) is 31.7 Å². The molecule has 1 aliphatic heterocycles. The first-order valence-electron chi connectivity index (χ1n) is 11.8. The summed E-state index contributed by atoms with van der Waals surface area (Å²) in [5, 5.41) is 7.29. The number of benzene rings is 2. The summed E-state index contributed by atoms with van der Waals surface area (Å²) >= 11 is 11.2. The van der Waals surface area contributed by atoms with Gasteiger partial charge in [-0.05, 0) is 95.1 Å². The number of fused-ring (bicyclic) bond motifs is 1. The lowest BCUT2D eigenvalue weighted by atomic mass is 9.98. The molecule has 0 aromatic heterocycles. The van der Waals surface area contributed by atoms with Crippen molar-refractivity contribution < 1.29 is 9.26 Å². The molecule has 0 bridgehead atoms. The van der Waals surface area contributed by atoms with Crippen molar-refractivity contribution in [3.63, 3.8) is 0 Å². The lowest BCUT2D eigenvalue weighted by molar-refractivity contribution is 0.312. The average Bonchev–Trinajstić information content (AvgIpc) is 2.78. The van der Waals surface area contributed by atoms with Crippen molar-refractivity contribution in [1.29, 1.82) is 0 Å². The van der Waals surface area contributed by atoms with Crippen LogP contribution in [0.2, 0.25) is 0 Å². The van der Waals surface area contributed by atoms with Gasteiger partial charge < -0.3 is 24.8 Å². The minimum Gasteiger partial charge on any atom is -0.495 e. The zero-order chi connectivity index (χ0) is 26.4. The van der Waals surface area contributed by atoms with Crippen LogP contribution in [0.4, 0.5) is 11.4 Å².